The third-order valence-corrected chi connectivity index (χ3v) is 2.50. The van der Waals surface area contributed by atoms with Crippen molar-refractivity contribution < 1.29 is 14.3 Å². The van der Waals surface area contributed by atoms with Crippen LogP contribution in [-0.4, -0.2) is 49.6 Å². The van der Waals surface area contributed by atoms with Crippen LogP contribution in [-0.2, 0) is 14.3 Å². The van der Waals surface area contributed by atoms with E-state index in [9.17, 15) is 9.59 Å². The van der Waals surface area contributed by atoms with Crippen molar-refractivity contribution in [2.24, 2.45) is 5.92 Å². The molecule has 0 aromatic rings. The van der Waals surface area contributed by atoms with Crippen LogP contribution in [0.4, 0.5) is 0 Å². The summed E-state index contributed by atoms with van der Waals surface area (Å²) in [4.78, 5) is 24.6. The average Bonchev–Trinajstić information content (AvgIpc) is 2.28. The summed E-state index contributed by atoms with van der Waals surface area (Å²) in [7, 11) is 0. The van der Waals surface area contributed by atoms with E-state index < -0.39 is 11.8 Å². The smallest absolute Gasteiger partial charge is 0.312 e. The van der Waals surface area contributed by atoms with Crippen LogP contribution in [0.3, 0.4) is 0 Å². The number of morpholine rings is 1. The first-order chi connectivity index (χ1) is 7.61. The molecule has 92 valence electrons. The molecule has 0 saturated carbocycles. The largest absolute Gasteiger partial charge is 0.378 e. The number of carbonyl (C=O) groups is 2. The van der Waals surface area contributed by atoms with Crippen LogP contribution in [0.15, 0.2) is 0 Å². The van der Waals surface area contributed by atoms with Crippen molar-refractivity contribution in [1.82, 2.24) is 10.2 Å². The predicted octanol–water partition coefficient (Wildman–Crippen LogP) is 0.00750. The van der Waals surface area contributed by atoms with Crippen molar-refractivity contribution in [3.8, 4) is 0 Å². The van der Waals surface area contributed by atoms with Crippen molar-refractivity contribution in [3.05, 3.63) is 0 Å². The van der Waals surface area contributed by atoms with E-state index in [4.69, 9.17) is 4.74 Å². The third kappa shape index (κ3) is 4.18. The summed E-state index contributed by atoms with van der Waals surface area (Å²) in [5.41, 5.74) is 0. The van der Waals surface area contributed by atoms with Crippen molar-refractivity contribution in [3.63, 3.8) is 0 Å². The summed E-state index contributed by atoms with van der Waals surface area (Å²) in [5, 5.41) is 2.64. The zero-order valence-electron chi connectivity index (χ0n) is 9.99. The van der Waals surface area contributed by atoms with Crippen LogP contribution in [0.1, 0.15) is 20.3 Å². The van der Waals surface area contributed by atoms with Gasteiger partial charge in [-0.15, -0.1) is 0 Å². The molecule has 0 aromatic heterocycles. The third-order valence-electron chi connectivity index (χ3n) is 2.50. The number of amides is 2. The highest BCUT2D eigenvalue weighted by atomic mass is 16.5. The second-order valence-corrected chi connectivity index (χ2v) is 4.34. The Hall–Kier alpha value is -1.10. The molecule has 5 heteroatoms. The van der Waals surface area contributed by atoms with Crippen molar-refractivity contribution in [2.45, 2.75) is 20.3 Å². The zero-order valence-corrected chi connectivity index (χ0v) is 9.99. The lowest BCUT2D eigenvalue weighted by atomic mass is 10.1. The number of nitrogens with zero attached hydrogens (tertiary/aromatic N) is 1. The first-order valence-corrected chi connectivity index (χ1v) is 5.76. The van der Waals surface area contributed by atoms with Gasteiger partial charge in [0, 0.05) is 19.6 Å². The van der Waals surface area contributed by atoms with Crippen molar-refractivity contribution in [2.75, 3.05) is 32.8 Å². The fraction of sp³-hybridized carbons (Fsp3) is 0.818. The van der Waals surface area contributed by atoms with Gasteiger partial charge in [-0.2, -0.15) is 0 Å². The van der Waals surface area contributed by atoms with Gasteiger partial charge in [0.15, 0.2) is 0 Å². The van der Waals surface area contributed by atoms with Crippen LogP contribution in [0.2, 0.25) is 0 Å². The van der Waals surface area contributed by atoms with Crippen LogP contribution < -0.4 is 5.32 Å². The molecule has 1 rings (SSSR count). The number of carbonyl (C=O) groups excluding carboxylic acids is 2. The van der Waals surface area contributed by atoms with E-state index in [-0.39, 0.29) is 0 Å². The molecule has 1 aliphatic heterocycles. The van der Waals surface area contributed by atoms with Gasteiger partial charge >= 0.3 is 11.8 Å². The SMILES string of the molecule is CC(C)CCNC(=O)C(=O)N1CCOCC1. The van der Waals surface area contributed by atoms with E-state index in [2.05, 4.69) is 19.2 Å². The summed E-state index contributed by atoms with van der Waals surface area (Å²) in [6, 6.07) is 0. The lowest BCUT2D eigenvalue weighted by Crippen LogP contribution is -2.48. The Kier molecular flexibility index (Phi) is 5.25. The minimum atomic E-state index is -0.498. The quantitative estimate of drug-likeness (QED) is 0.692. The molecule has 0 unspecified atom stereocenters. The molecule has 1 fully saturated rings. The molecular weight excluding hydrogens is 208 g/mol. The van der Waals surface area contributed by atoms with E-state index >= 15 is 0 Å². The van der Waals surface area contributed by atoms with Gasteiger partial charge in [0.2, 0.25) is 0 Å². The number of ether oxygens (including phenoxy) is 1. The Bertz CT molecular complexity index is 248. The molecule has 1 heterocycles. The van der Waals surface area contributed by atoms with E-state index in [1.54, 1.807) is 0 Å². The van der Waals surface area contributed by atoms with Crippen LogP contribution in [0.25, 0.3) is 0 Å². The Balaban J connectivity index is 2.26. The molecule has 0 spiro atoms. The van der Waals surface area contributed by atoms with Gasteiger partial charge in [-0.3, -0.25) is 9.59 Å². The van der Waals surface area contributed by atoms with E-state index in [1.807, 2.05) is 0 Å². The molecule has 0 atom stereocenters. The second kappa shape index (κ2) is 6.48. The van der Waals surface area contributed by atoms with Gasteiger partial charge in [-0.25, -0.2) is 0 Å². The van der Waals surface area contributed by atoms with Gasteiger partial charge in [0.25, 0.3) is 0 Å². The molecule has 0 bridgehead atoms. The van der Waals surface area contributed by atoms with Crippen LogP contribution in [0.5, 0.6) is 0 Å². The highest BCUT2D eigenvalue weighted by Crippen LogP contribution is 1.99. The molecule has 16 heavy (non-hydrogen) atoms. The van der Waals surface area contributed by atoms with Gasteiger partial charge < -0.3 is 15.0 Å². The van der Waals surface area contributed by atoms with Gasteiger partial charge in [0.1, 0.15) is 0 Å². The van der Waals surface area contributed by atoms with E-state index in [0.717, 1.165) is 6.42 Å². The molecule has 1 aliphatic rings. The molecule has 1 saturated heterocycles. The Morgan fingerprint density at radius 2 is 1.94 bits per heavy atom. The fourth-order valence-corrected chi connectivity index (χ4v) is 1.46. The monoisotopic (exact) mass is 228 g/mol. The summed E-state index contributed by atoms with van der Waals surface area (Å²) in [6.45, 7) is 6.78. The second-order valence-electron chi connectivity index (χ2n) is 4.34. The molecule has 0 radical (unpaired) electrons. The fourth-order valence-electron chi connectivity index (χ4n) is 1.46. The zero-order chi connectivity index (χ0) is 12.0. The first-order valence-electron chi connectivity index (χ1n) is 5.76. The topological polar surface area (TPSA) is 58.6 Å². The van der Waals surface area contributed by atoms with Gasteiger partial charge in [-0.1, -0.05) is 13.8 Å². The van der Waals surface area contributed by atoms with Crippen LogP contribution >= 0.6 is 0 Å². The minimum Gasteiger partial charge on any atom is -0.378 e. The molecule has 0 aliphatic carbocycles. The molecule has 5 nitrogen and oxygen atoms in total. The summed E-state index contributed by atoms with van der Waals surface area (Å²) >= 11 is 0. The van der Waals surface area contributed by atoms with Gasteiger partial charge in [-0.05, 0) is 12.3 Å². The Morgan fingerprint density at radius 3 is 2.50 bits per heavy atom. The highest BCUT2D eigenvalue weighted by molar-refractivity contribution is 6.35. The molecule has 0 aromatic carbocycles. The van der Waals surface area contributed by atoms with E-state index in [1.165, 1.54) is 4.90 Å². The van der Waals surface area contributed by atoms with Gasteiger partial charge in [0.05, 0.1) is 13.2 Å². The normalized spacial score (nSPS) is 16.3. The van der Waals surface area contributed by atoms with Crippen molar-refractivity contribution in [1.29, 1.82) is 0 Å². The summed E-state index contributed by atoms with van der Waals surface area (Å²) in [6.07, 6.45) is 0.891. The first kappa shape index (κ1) is 13.0. The lowest BCUT2D eigenvalue weighted by molar-refractivity contribution is -0.148. The number of hydrogen-bond acceptors (Lipinski definition) is 3. The molecule has 2 amide bonds. The maximum atomic E-state index is 11.6. The maximum Gasteiger partial charge on any atom is 0.312 e. The maximum absolute atomic E-state index is 11.6. The number of nitrogens with one attached hydrogen (secondary N) is 1. The Labute approximate surface area is 96.1 Å². The summed E-state index contributed by atoms with van der Waals surface area (Å²) < 4.78 is 5.12. The van der Waals surface area contributed by atoms with Crippen molar-refractivity contribution >= 4 is 11.8 Å². The highest BCUT2D eigenvalue weighted by Gasteiger charge is 2.22. The lowest BCUT2D eigenvalue weighted by Gasteiger charge is -2.26. The Morgan fingerprint density at radius 1 is 1.31 bits per heavy atom. The molecule has 1 N–H and O–H groups in total. The molecular formula is C11H20N2O3. The number of rotatable bonds is 3. The predicted molar refractivity (Wildman–Crippen MR) is 59.9 cm³/mol. The minimum absolute atomic E-state index is 0.438. The standard InChI is InChI=1S/C11H20N2O3/c1-9(2)3-4-12-10(14)11(15)13-5-7-16-8-6-13/h9H,3-8H2,1-2H3,(H,12,14). The average molecular weight is 228 g/mol. The van der Waals surface area contributed by atoms with E-state index in [0.29, 0.717) is 38.8 Å². The van der Waals surface area contributed by atoms with Crippen LogP contribution in [0, 0.1) is 5.92 Å². The number of hydrogen-bond donors (Lipinski definition) is 1. The summed E-state index contributed by atoms with van der Waals surface area (Å²) in [5.74, 6) is -0.409.